The third-order valence-electron chi connectivity index (χ3n) is 4.85. The number of nitrogens with zero attached hydrogens (tertiary/aromatic N) is 2. The molecule has 1 aliphatic rings. The lowest BCUT2D eigenvalue weighted by atomic mass is 9.92. The van der Waals surface area contributed by atoms with E-state index in [0.29, 0.717) is 18.1 Å². The van der Waals surface area contributed by atoms with Crippen molar-refractivity contribution < 1.29 is 14.3 Å². The molecule has 0 saturated carbocycles. The van der Waals surface area contributed by atoms with Crippen LogP contribution in [0.1, 0.15) is 35.7 Å². The van der Waals surface area contributed by atoms with Crippen LogP contribution in [0.4, 0.5) is 0 Å². The summed E-state index contributed by atoms with van der Waals surface area (Å²) in [5, 5.41) is 0. The van der Waals surface area contributed by atoms with E-state index in [0.717, 1.165) is 25.8 Å². The fourth-order valence-electron chi connectivity index (χ4n) is 3.61. The molecule has 1 amide bonds. The largest absolute Gasteiger partial charge is 0.477 e. The van der Waals surface area contributed by atoms with Gasteiger partial charge in [0, 0.05) is 19.9 Å². The minimum atomic E-state index is -0.0377. The molecule has 3 rings (SSSR count). The maximum absolute atomic E-state index is 13.3. The highest BCUT2D eigenvalue weighted by Crippen LogP contribution is 2.27. The predicted molar refractivity (Wildman–Crippen MR) is 100 cm³/mol. The summed E-state index contributed by atoms with van der Waals surface area (Å²) in [7, 11) is 1.73. The number of ether oxygens (including phenoxy) is 2. The summed E-state index contributed by atoms with van der Waals surface area (Å²) in [5.41, 5.74) is 1.72. The number of likely N-dealkylation sites (tertiary alicyclic amines) is 1. The van der Waals surface area contributed by atoms with Crippen molar-refractivity contribution >= 4 is 5.91 Å². The van der Waals surface area contributed by atoms with Gasteiger partial charge in [-0.3, -0.25) is 4.79 Å². The zero-order valence-corrected chi connectivity index (χ0v) is 15.4. The number of amides is 1. The fraction of sp³-hybridized carbons (Fsp3) is 0.429. The molecule has 0 bridgehead atoms. The molecule has 1 aromatic carbocycles. The maximum Gasteiger partial charge on any atom is 0.259 e. The number of hydrogen-bond donors (Lipinski definition) is 0. The van der Waals surface area contributed by atoms with Crippen molar-refractivity contribution in [2.45, 2.75) is 38.3 Å². The lowest BCUT2D eigenvalue weighted by Crippen LogP contribution is -2.52. The summed E-state index contributed by atoms with van der Waals surface area (Å²) in [4.78, 5) is 19.5. The Morgan fingerprint density at radius 2 is 2.04 bits per heavy atom. The summed E-state index contributed by atoms with van der Waals surface area (Å²) in [6, 6.07) is 13.8. The van der Waals surface area contributed by atoms with Crippen LogP contribution in [0.15, 0.2) is 48.7 Å². The zero-order valence-electron chi connectivity index (χ0n) is 15.4. The van der Waals surface area contributed by atoms with Crippen LogP contribution >= 0.6 is 0 Å². The maximum atomic E-state index is 13.3. The van der Waals surface area contributed by atoms with E-state index in [4.69, 9.17) is 9.47 Å². The number of aromatic nitrogens is 1. The first-order chi connectivity index (χ1) is 12.7. The third-order valence-corrected chi connectivity index (χ3v) is 4.85. The van der Waals surface area contributed by atoms with Gasteiger partial charge in [-0.15, -0.1) is 0 Å². The Morgan fingerprint density at radius 1 is 1.23 bits per heavy atom. The average molecular weight is 354 g/mol. The van der Waals surface area contributed by atoms with Crippen molar-refractivity contribution in [2.75, 3.05) is 20.3 Å². The average Bonchev–Trinajstić information content (AvgIpc) is 2.69. The zero-order chi connectivity index (χ0) is 18.4. The predicted octanol–water partition coefficient (Wildman–Crippen LogP) is 3.34. The molecule has 26 heavy (non-hydrogen) atoms. The number of rotatable bonds is 6. The van der Waals surface area contributed by atoms with Gasteiger partial charge >= 0.3 is 0 Å². The van der Waals surface area contributed by atoms with Crippen molar-refractivity contribution in [3.8, 4) is 5.88 Å². The van der Waals surface area contributed by atoms with Crippen LogP contribution in [0.3, 0.4) is 0 Å². The molecule has 0 unspecified atom stereocenters. The Kier molecular flexibility index (Phi) is 6.23. The van der Waals surface area contributed by atoms with Crippen molar-refractivity contribution in [3.63, 3.8) is 0 Å². The van der Waals surface area contributed by atoms with Gasteiger partial charge in [-0.05, 0) is 43.9 Å². The molecule has 1 fully saturated rings. The first-order valence-electron chi connectivity index (χ1n) is 9.20. The van der Waals surface area contributed by atoms with Crippen LogP contribution in [-0.2, 0) is 11.2 Å². The summed E-state index contributed by atoms with van der Waals surface area (Å²) >= 11 is 0. The Labute approximate surface area is 155 Å². The Bertz CT molecular complexity index is 720. The highest BCUT2D eigenvalue weighted by atomic mass is 16.5. The van der Waals surface area contributed by atoms with Gasteiger partial charge in [-0.1, -0.05) is 30.3 Å². The molecular formula is C21H26N2O3. The number of piperidine rings is 1. The van der Waals surface area contributed by atoms with Gasteiger partial charge in [0.2, 0.25) is 5.88 Å². The lowest BCUT2D eigenvalue weighted by molar-refractivity contribution is -0.0119. The summed E-state index contributed by atoms with van der Waals surface area (Å²) in [5.74, 6) is 0.363. The number of hydrogen-bond acceptors (Lipinski definition) is 4. The lowest BCUT2D eigenvalue weighted by Gasteiger charge is -2.41. The monoisotopic (exact) mass is 354 g/mol. The van der Waals surface area contributed by atoms with E-state index in [1.165, 1.54) is 5.56 Å². The summed E-state index contributed by atoms with van der Waals surface area (Å²) < 4.78 is 11.3. The number of methoxy groups -OCH3 is 1. The van der Waals surface area contributed by atoms with Crippen LogP contribution in [0.25, 0.3) is 0 Å². The summed E-state index contributed by atoms with van der Waals surface area (Å²) in [6.45, 7) is 3.09. The van der Waals surface area contributed by atoms with Crippen LogP contribution < -0.4 is 4.74 Å². The second-order valence-corrected chi connectivity index (χ2v) is 6.46. The molecule has 1 aromatic heterocycles. The molecule has 2 aromatic rings. The van der Waals surface area contributed by atoms with E-state index in [1.807, 2.05) is 30.0 Å². The van der Waals surface area contributed by atoms with E-state index in [1.54, 1.807) is 25.4 Å². The second-order valence-electron chi connectivity index (χ2n) is 6.46. The number of carbonyl (C=O) groups is 1. The summed E-state index contributed by atoms with van der Waals surface area (Å²) in [6.07, 6.45) is 4.34. The second kappa shape index (κ2) is 8.81. The van der Waals surface area contributed by atoms with Gasteiger partial charge in [0.15, 0.2) is 0 Å². The normalized spacial score (nSPS) is 20.0. The quantitative estimate of drug-likeness (QED) is 0.798. The van der Waals surface area contributed by atoms with Gasteiger partial charge < -0.3 is 14.4 Å². The van der Waals surface area contributed by atoms with Gasteiger partial charge in [-0.2, -0.15) is 0 Å². The molecule has 0 aliphatic carbocycles. The van der Waals surface area contributed by atoms with E-state index in [9.17, 15) is 4.79 Å². The first-order valence-corrected chi connectivity index (χ1v) is 9.20. The molecule has 0 N–H and O–H groups in total. The van der Waals surface area contributed by atoms with Crippen LogP contribution in [0.2, 0.25) is 0 Å². The molecule has 0 spiro atoms. The van der Waals surface area contributed by atoms with Gasteiger partial charge in [0.1, 0.15) is 5.56 Å². The first kappa shape index (κ1) is 18.4. The SMILES string of the molecule is CCOc1ncccc1C(=O)N1CCC[C@H](OC)[C@@H]1Cc1ccccc1. The Hall–Kier alpha value is -2.40. The third kappa shape index (κ3) is 4.05. The van der Waals surface area contributed by atoms with Crippen molar-refractivity contribution in [2.24, 2.45) is 0 Å². The van der Waals surface area contributed by atoms with E-state index in [-0.39, 0.29) is 18.1 Å². The van der Waals surface area contributed by atoms with Crippen molar-refractivity contribution in [1.82, 2.24) is 9.88 Å². The topological polar surface area (TPSA) is 51.7 Å². The number of carbonyl (C=O) groups excluding carboxylic acids is 1. The smallest absolute Gasteiger partial charge is 0.259 e. The standard InChI is InChI=1S/C21H26N2O3/c1-3-26-20-17(11-7-13-22-20)21(24)23-14-8-12-19(25-2)18(23)15-16-9-5-4-6-10-16/h4-7,9-11,13,18-19H,3,8,12,14-15H2,1-2H3/t18-,19-/m0/s1. The molecule has 5 heteroatoms. The van der Waals surface area contributed by atoms with E-state index in [2.05, 4.69) is 17.1 Å². The van der Waals surface area contributed by atoms with Gasteiger partial charge in [0.05, 0.1) is 18.8 Å². The highest BCUT2D eigenvalue weighted by Gasteiger charge is 2.36. The molecule has 138 valence electrons. The fourth-order valence-corrected chi connectivity index (χ4v) is 3.61. The highest BCUT2D eigenvalue weighted by molar-refractivity contribution is 5.96. The minimum absolute atomic E-state index is 0.00154. The van der Waals surface area contributed by atoms with Crippen LogP contribution in [-0.4, -0.2) is 48.2 Å². The Morgan fingerprint density at radius 3 is 2.77 bits per heavy atom. The minimum Gasteiger partial charge on any atom is -0.477 e. The van der Waals surface area contributed by atoms with Crippen LogP contribution in [0.5, 0.6) is 5.88 Å². The van der Waals surface area contributed by atoms with E-state index < -0.39 is 0 Å². The molecule has 2 atom stereocenters. The molecule has 5 nitrogen and oxygen atoms in total. The van der Waals surface area contributed by atoms with Gasteiger partial charge in [-0.25, -0.2) is 4.98 Å². The Balaban J connectivity index is 1.88. The molecule has 0 radical (unpaired) electrons. The van der Waals surface area contributed by atoms with E-state index >= 15 is 0 Å². The molecule has 1 aliphatic heterocycles. The van der Waals surface area contributed by atoms with Gasteiger partial charge in [0.25, 0.3) is 5.91 Å². The number of benzene rings is 1. The number of pyridine rings is 1. The molecular weight excluding hydrogens is 328 g/mol. The molecule has 2 heterocycles. The van der Waals surface area contributed by atoms with Crippen LogP contribution in [0, 0.1) is 0 Å². The van der Waals surface area contributed by atoms with Crippen molar-refractivity contribution in [3.05, 3.63) is 59.8 Å². The van der Waals surface area contributed by atoms with Crippen molar-refractivity contribution in [1.29, 1.82) is 0 Å². The molecule has 1 saturated heterocycles.